The van der Waals surface area contributed by atoms with Crippen molar-refractivity contribution in [2.75, 3.05) is 7.11 Å². The molecule has 4 aromatic carbocycles. The maximum Gasteiger partial charge on any atom is 0.120 e. The molecule has 4 rings (SSSR count). The number of ether oxygens (including phenoxy) is 1. The summed E-state index contributed by atoms with van der Waals surface area (Å²) < 4.78 is 5.36. The Morgan fingerprint density at radius 2 is 1.56 bits per heavy atom. The van der Waals surface area contributed by atoms with Gasteiger partial charge < -0.3 is 4.74 Å². The summed E-state index contributed by atoms with van der Waals surface area (Å²) in [7, 11) is 1.71. The summed E-state index contributed by atoms with van der Waals surface area (Å²) in [6.45, 7) is 0. The van der Waals surface area contributed by atoms with Gasteiger partial charge in [-0.2, -0.15) is 0 Å². The summed E-state index contributed by atoms with van der Waals surface area (Å²) >= 11 is 0. The smallest absolute Gasteiger partial charge is 0.120 e. The maximum atomic E-state index is 5.36. The van der Waals surface area contributed by atoms with E-state index in [0.29, 0.717) is 0 Å². The molecule has 1 heteroatoms. The van der Waals surface area contributed by atoms with Gasteiger partial charge >= 0.3 is 0 Å². The summed E-state index contributed by atoms with van der Waals surface area (Å²) in [5.41, 5.74) is 0. The topological polar surface area (TPSA) is 9.23 Å². The molecule has 0 aliphatic heterocycles. The van der Waals surface area contributed by atoms with Crippen molar-refractivity contribution in [1.29, 1.82) is 0 Å². The van der Waals surface area contributed by atoms with Gasteiger partial charge in [0.25, 0.3) is 0 Å². The molecule has 4 aromatic rings. The van der Waals surface area contributed by atoms with Crippen LogP contribution >= 0.6 is 0 Å². The molecule has 0 unspecified atom stereocenters. The minimum Gasteiger partial charge on any atom is -0.497 e. The molecular formula is C17H11O. The van der Waals surface area contributed by atoms with Crippen molar-refractivity contribution in [1.82, 2.24) is 0 Å². The van der Waals surface area contributed by atoms with Crippen LogP contribution in [0, 0.1) is 6.07 Å². The molecule has 0 aromatic heterocycles. The van der Waals surface area contributed by atoms with E-state index in [1.807, 2.05) is 6.07 Å². The number of rotatable bonds is 1. The Labute approximate surface area is 105 Å². The van der Waals surface area contributed by atoms with E-state index in [-0.39, 0.29) is 0 Å². The van der Waals surface area contributed by atoms with Crippen LogP contribution in [0.4, 0.5) is 0 Å². The second kappa shape index (κ2) is 3.36. The molecule has 0 amide bonds. The molecule has 85 valence electrons. The summed E-state index contributed by atoms with van der Waals surface area (Å²) in [4.78, 5) is 0. The van der Waals surface area contributed by atoms with Gasteiger partial charge in [0, 0.05) is 0 Å². The average Bonchev–Trinajstić information content (AvgIpc) is 2.44. The summed E-state index contributed by atoms with van der Waals surface area (Å²) in [6.07, 6.45) is 0. The molecule has 0 heterocycles. The highest BCUT2D eigenvalue weighted by molar-refractivity contribution is 6.23. The summed E-state index contributed by atoms with van der Waals surface area (Å²) in [6, 6.07) is 20.2. The third kappa shape index (κ3) is 1.16. The van der Waals surface area contributed by atoms with Crippen LogP contribution in [0.25, 0.3) is 32.3 Å². The fourth-order valence-electron chi connectivity index (χ4n) is 2.76. The molecule has 1 nitrogen and oxygen atoms in total. The SMILES string of the molecule is COc1cc2ccc3[c]ccc4ccc(c1)c2c34. The van der Waals surface area contributed by atoms with Gasteiger partial charge in [-0.15, -0.1) is 0 Å². The highest BCUT2D eigenvalue weighted by atomic mass is 16.5. The van der Waals surface area contributed by atoms with Crippen molar-refractivity contribution < 1.29 is 4.74 Å². The van der Waals surface area contributed by atoms with Crippen molar-refractivity contribution in [2.45, 2.75) is 0 Å². The van der Waals surface area contributed by atoms with Crippen LogP contribution in [0.3, 0.4) is 0 Å². The minimum atomic E-state index is 0.907. The average molecular weight is 231 g/mol. The zero-order valence-corrected chi connectivity index (χ0v) is 10.0. The fourth-order valence-corrected chi connectivity index (χ4v) is 2.76. The molecule has 0 aliphatic rings. The zero-order valence-electron chi connectivity index (χ0n) is 10.0. The van der Waals surface area contributed by atoms with Crippen LogP contribution in [-0.4, -0.2) is 7.11 Å². The van der Waals surface area contributed by atoms with Gasteiger partial charge in [0.1, 0.15) is 5.75 Å². The first kappa shape index (κ1) is 9.72. The molecule has 0 saturated carbocycles. The van der Waals surface area contributed by atoms with Crippen LogP contribution in [0.2, 0.25) is 0 Å². The molecule has 0 saturated heterocycles. The highest BCUT2D eigenvalue weighted by Crippen LogP contribution is 2.36. The van der Waals surface area contributed by atoms with Gasteiger partial charge in [-0.25, -0.2) is 0 Å². The quantitative estimate of drug-likeness (QED) is 0.441. The first-order valence-electron chi connectivity index (χ1n) is 6.00. The van der Waals surface area contributed by atoms with E-state index in [1.165, 1.54) is 32.3 Å². The standard InChI is InChI=1S/C17H11O/c1-18-15-9-13-7-5-11-3-2-4-12-6-8-14(10-15)17(13)16(11)12/h2-3,5-10H,1H3. The van der Waals surface area contributed by atoms with Crippen molar-refractivity contribution in [3.05, 3.63) is 54.6 Å². The lowest BCUT2D eigenvalue weighted by Crippen LogP contribution is -1.86. The molecule has 0 fully saturated rings. The van der Waals surface area contributed by atoms with Crippen LogP contribution in [0.1, 0.15) is 0 Å². The second-order valence-corrected chi connectivity index (χ2v) is 4.57. The first-order chi connectivity index (χ1) is 8.86. The molecule has 1 radical (unpaired) electrons. The molecule has 0 spiro atoms. The van der Waals surface area contributed by atoms with E-state index >= 15 is 0 Å². The van der Waals surface area contributed by atoms with E-state index in [4.69, 9.17) is 4.74 Å². The Morgan fingerprint density at radius 1 is 0.833 bits per heavy atom. The Kier molecular flexibility index (Phi) is 1.81. The number of methoxy groups -OCH3 is 1. The lowest BCUT2D eigenvalue weighted by Gasteiger charge is -2.11. The Hall–Kier alpha value is -2.28. The summed E-state index contributed by atoms with van der Waals surface area (Å²) in [5, 5.41) is 7.50. The normalized spacial score (nSPS) is 11.6. The number of hydrogen-bond donors (Lipinski definition) is 0. The third-order valence-corrected chi connectivity index (χ3v) is 3.59. The number of hydrogen-bond acceptors (Lipinski definition) is 1. The predicted octanol–water partition coefficient (Wildman–Crippen LogP) is 4.39. The first-order valence-corrected chi connectivity index (χ1v) is 6.00. The predicted molar refractivity (Wildman–Crippen MR) is 75.5 cm³/mol. The second-order valence-electron chi connectivity index (χ2n) is 4.57. The Bertz CT molecular complexity index is 797. The molecule has 0 N–H and O–H groups in total. The minimum absolute atomic E-state index is 0.907. The van der Waals surface area contributed by atoms with E-state index < -0.39 is 0 Å². The van der Waals surface area contributed by atoms with E-state index in [0.717, 1.165) is 5.75 Å². The van der Waals surface area contributed by atoms with Crippen molar-refractivity contribution >= 4 is 32.3 Å². The van der Waals surface area contributed by atoms with Crippen molar-refractivity contribution in [2.24, 2.45) is 0 Å². The van der Waals surface area contributed by atoms with E-state index in [1.54, 1.807) is 7.11 Å². The molecule has 0 atom stereocenters. The summed E-state index contributed by atoms with van der Waals surface area (Å²) in [5.74, 6) is 0.907. The van der Waals surface area contributed by atoms with Crippen LogP contribution in [0.15, 0.2) is 48.5 Å². The van der Waals surface area contributed by atoms with E-state index in [9.17, 15) is 0 Å². The monoisotopic (exact) mass is 231 g/mol. The van der Waals surface area contributed by atoms with Crippen LogP contribution in [-0.2, 0) is 0 Å². The highest BCUT2D eigenvalue weighted by Gasteiger charge is 2.08. The van der Waals surface area contributed by atoms with Crippen molar-refractivity contribution in [3.8, 4) is 5.75 Å². The van der Waals surface area contributed by atoms with Crippen LogP contribution < -0.4 is 4.74 Å². The Balaban J connectivity index is 2.35. The molecular weight excluding hydrogens is 220 g/mol. The maximum absolute atomic E-state index is 5.36. The van der Waals surface area contributed by atoms with Crippen LogP contribution in [0.5, 0.6) is 5.75 Å². The lowest BCUT2D eigenvalue weighted by molar-refractivity contribution is 0.416. The van der Waals surface area contributed by atoms with Gasteiger partial charge in [0.2, 0.25) is 0 Å². The lowest BCUT2D eigenvalue weighted by atomic mass is 9.94. The Morgan fingerprint density at radius 3 is 2.33 bits per heavy atom. The van der Waals surface area contributed by atoms with Gasteiger partial charge in [0.05, 0.1) is 7.11 Å². The van der Waals surface area contributed by atoms with Crippen molar-refractivity contribution in [3.63, 3.8) is 0 Å². The van der Waals surface area contributed by atoms with Gasteiger partial charge in [-0.1, -0.05) is 36.4 Å². The van der Waals surface area contributed by atoms with Gasteiger partial charge in [-0.3, -0.25) is 0 Å². The molecule has 0 bridgehead atoms. The largest absolute Gasteiger partial charge is 0.497 e. The molecule has 18 heavy (non-hydrogen) atoms. The van der Waals surface area contributed by atoms with E-state index in [2.05, 4.69) is 48.5 Å². The zero-order chi connectivity index (χ0) is 12.1. The van der Waals surface area contributed by atoms with Gasteiger partial charge in [-0.05, 0) is 50.5 Å². The molecule has 0 aliphatic carbocycles. The van der Waals surface area contributed by atoms with Gasteiger partial charge in [0.15, 0.2) is 0 Å². The third-order valence-electron chi connectivity index (χ3n) is 3.59. The fraction of sp³-hybridized carbons (Fsp3) is 0.0588. The number of benzene rings is 4.